The molecule has 8 nitrogen and oxygen atoms in total. The third-order valence-corrected chi connectivity index (χ3v) is 5.51. The summed E-state index contributed by atoms with van der Waals surface area (Å²) in [6.45, 7) is 2.01. The van der Waals surface area contributed by atoms with Crippen LogP contribution in [0.1, 0.15) is 36.8 Å². The minimum atomic E-state index is -0.728. The number of H-pyrrole nitrogens is 1. The summed E-state index contributed by atoms with van der Waals surface area (Å²) < 4.78 is 0.548. The van der Waals surface area contributed by atoms with Crippen LogP contribution in [0.15, 0.2) is 32.6 Å². The number of rotatable bonds is 5. The van der Waals surface area contributed by atoms with E-state index in [1.54, 1.807) is 12.1 Å². The Balaban J connectivity index is 2.14. The number of fused-ring (bicyclic) bond motifs is 1. The molecule has 10 heteroatoms. The molecule has 0 bridgehead atoms. The number of benzene rings is 1. The molecular formula is C16H15BrN4O4S. The molecule has 1 aromatic heterocycles. The van der Waals surface area contributed by atoms with Crippen molar-refractivity contribution in [2.45, 2.75) is 30.8 Å². The predicted molar refractivity (Wildman–Crippen MR) is 102 cm³/mol. The van der Waals surface area contributed by atoms with Gasteiger partial charge < -0.3 is 10.3 Å². The van der Waals surface area contributed by atoms with E-state index in [9.17, 15) is 19.7 Å². The standard InChI is InChI=1S/C16H15BrN4O4S/c1-2-5-26-16-19-14-13(15(23)20-16)10(7-12(22)18-14)9-4-3-8(17)6-11(9)21(24)25/h3-4,6,10H,2,5,7H2,1H3,(H2,18,19,20,22,23). The van der Waals surface area contributed by atoms with Gasteiger partial charge in [-0.25, -0.2) is 4.98 Å². The van der Waals surface area contributed by atoms with E-state index in [1.807, 2.05) is 6.92 Å². The third kappa shape index (κ3) is 3.65. The summed E-state index contributed by atoms with van der Waals surface area (Å²) in [5, 5.41) is 14.5. The highest BCUT2D eigenvalue weighted by Gasteiger charge is 2.34. The van der Waals surface area contributed by atoms with Crippen molar-refractivity contribution in [2.24, 2.45) is 0 Å². The first-order valence-electron chi connectivity index (χ1n) is 7.91. The van der Waals surface area contributed by atoms with E-state index >= 15 is 0 Å². The molecular weight excluding hydrogens is 424 g/mol. The van der Waals surface area contributed by atoms with Crippen molar-refractivity contribution >= 4 is 45.1 Å². The van der Waals surface area contributed by atoms with Gasteiger partial charge in [0.1, 0.15) is 5.82 Å². The lowest BCUT2D eigenvalue weighted by Gasteiger charge is -2.24. The highest BCUT2D eigenvalue weighted by atomic mass is 79.9. The number of nitro groups is 1. The van der Waals surface area contributed by atoms with Gasteiger partial charge in [0.25, 0.3) is 11.2 Å². The van der Waals surface area contributed by atoms with Crippen LogP contribution in [0.2, 0.25) is 0 Å². The lowest BCUT2D eigenvalue weighted by Crippen LogP contribution is -2.31. The smallest absolute Gasteiger partial charge is 0.274 e. The molecule has 0 saturated heterocycles. The molecule has 0 saturated carbocycles. The topological polar surface area (TPSA) is 118 Å². The largest absolute Gasteiger partial charge is 0.310 e. The van der Waals surface area contributed by atoms with Gasteiger partial charge in [-0.2, -0.15) is 0 Å². The number of aromatic nitrogens is 2. The number of aromatic amines is 1. The Morgan fingerprint density at radius 1 is 1.42 bits per heavy atom. The SMILES string of the molecule is CCCSc1nc2c(c(=O)[nH]1)C(c1ccc(Br)cc1[N+](=O)[O-])CC(=O)N2. The maximum absolute atomic E-state index is 12.6. The summed E-state index contributed by atoms with van der Waals surface area (Å²) in [7, 11) is 0. The highest BCUT2D eigenvalue weighted by molar-refractivity contribution is 9.10. The van der Waals surface area contributed by atoms with Crippen LogP contribution in [0.4, 0.5) is 11.5 Å². The lowest BCUT2D eigenvalue weighted by molar-refractivity contribution is -0.385. The van der Waals surface area contributed by atoms with E-state index in [2.05, 4.69) is 31.2 Å². The van der Waals surface area contributed by atoms with Crippen molar-refractivity contribution in [1.29, 1.82) is 0 Å². The number of thioether (sulfide) groups is 1. The Morgan fingerprint density at radius 2 is 2.19 bits per heavy atom. The third-order valence-electron chi connectivity index (χ3n) is 3.94. The van der Waals surface area contributed by atoms with Crippen LogP contribution in [0.3, 0.4) is 0 Å². The molecule has 1 aliphatic rings. The lowest BCUT2D eigenvalue weighted by atomic mass is 9.86. The number of nitrogens with one attached hydrogen (secondary N) is 2. The van der Waals surface area contributed by atoms with Crippen LogP contribution in [-0.4, -0.2) is 26.6 Å². The summed E-state index contributed by atoms with van der Waals surface area (Å²) in [6, 6.07) is 4.59. The second-order valence-electron chi connectivity index (χ2n) is 5.75. The molecule has 2 aromatic rings. The van der Waals surface area contributed by atoms with Crippen molar-refractivity contribution in [3.8, 4) is 0 Å². The van der Waals surface area contributed by atoms with Crippen LogP contribution in [0.5, 0.6) is 0 Å². The van der Waals surface area contributed by atoms with E-state index in [1.165, 1.54) is 17.8 Å². The number of nitro benzene ring substituents is 1. The minimum absolute atomic E-state index is 0.0539. The fourth-order valence-electron chi connectivity index (χ4n) is 2.85. The number of carbonyl (C=O) groups excluding carboxylic acids is 1. The number of nitrogens with zero attached hydrogens (tertiary/aromatic N) is 2. The summed E-state index contributed by atoms with van der Waals surface area (Å²) >= 11 is 4.60. The van der Waals surface area contributed by atoms with E-state index in [-0.39, 0.29) is 29.4 Å². The van der Waals surface area contributed by atoms with Crippen LogP contribution in [0.25, 0.3) is 0 Å². The molecule has 0 spiro atoms. The molecule has 1 unspecified atom stereocenters. The molecule has 2 heterocycles. The zero-order valence-corrected chi connectivity index (χ0v) is 16.1. The first-order chi connectivity index (χ1) is 12.4. The molecule has 0 radical (unpaired) electrons. The number of amides is 1. The van der Waals surface area contributed by atoms with E-state index in [0.29, 0.717) is 15.2 Å². The molecule has 2 N–H and O–H groups in total. The van der Waals surface area contributed by atoms with Gasteiger partial charge in [-0.1, -0.05) is 40.7 Å². The van der Waals surface area contributed by atoms with Gasteiger partial charge >= 0.3 is 0 Å². The molecule has 0 aliphatic carbocycles. The highest BCUT2D eigenvalue weighted by Crippen LogP contribution is 2.39. The van der Waals surface area contributed by atoms with Crippen LogP contribution in [-0.2, 0) is 4.79 Å². The molecule has 136 valence electrons. The number of anilines is 1. The fourth-order valence-corrected chi connectivity index (χ4v) is 3.92. The van der Waals surface area contributed by atoms with Gasteiger partial charge in [0.15, 0.2) is 5.16 Å². The fraction of sp³-hybridized carbons (Fsp3) is 0.312. The number of halogens is 1. The van der Waals surface area contributed by atoms with Crippen molar-refractivity contribution in [2.75, 3.05) is 11.1 Å². The van der Waals surface area contributed by atoms with Crippen LogP contribution >= 0.6 is 27.7 Å². The van der Waals surface area contributed by atoms with Crippen molar-refractivity contribution < 1.29 is 9.72 Å². The maximum Gasteiger partial charge on any atom is 0.274 e. The molecule has 1 aromatic carbocycles. The average molecular weight is 439 g/mol. The zero-order chi connectivity index (χ0) is 18.8. The maximum atomic E-state index is 12.6. The van der Waals surface area contributed by atoms with Gasteiger partial charge in [0.05, 0.1) is 10.5 Å². The number of hydrogen-bond donors (Lipinski definition) is 2. The molecule has 1 aliphatic heterocycles. The second-order valence-corrected chi connectivity index (χ2v) is 7.75. The molecule has 0 fully saturated rings. The van der Waals surface area contributed by atoms with E-state index < -0.39 is 16.4 Å². The predicted octanol–water partition coefficient (Wildman–Crippen LogP) is 3.42. The van der Waals surface area contributed by atoms with Crippen molar-refractivity contribution in [1.82, 2.24) is 9.97 Å². The molecule has 3 rings (SSSR count). The summed E-state index contributed by atoms with van der Waals surface area (Å²) in [6.07, 6.45) is 0.854. The summed E-state index contributed by atoms with van der Waals surface area (Å²) in [4.78, 5) is 42.8. The summed E-state index contributed by atoms with van der Waals surface area (Å²) in [5.41, 5.74) is 0.0242. The van der Waals surface area contributed by atoms with Crippen LogP contribution in [0, 0.1) is 10.1 Å². The van der Waals surface area contributed by atoms with Gasteiger partial charge in [0.2, 0.25) is 5.91 Å². The Bertz CT molecular complexity index is 946. The minimum Gasteiger partial charge on any atom is -0.310 e. The Morgan fingerprint density at radius 3 is 2.88 bits per heavy atom. The number of carbonyl (C=O) groups is 1. The van der Waals surface area contributed by atoms with Gasteiger partial charge in [-0.15, -0.1) is 0 Å². The Kier molecular flexibility index (Phi) is 5.42. The molecule has 1 atom stereocenters. The monoisotopic (exact) mass is 438 g/mol. The number of hydrogen-bond acceptors (Lipinski definition) is 6. The van der Waals surface area contributed by atoms with Gasteiger partial charge in [0, 0.05) is 34.2 Å². The van der Waals surface area contributed by atoms with Gasteiger partial charge in [-0.3, -0.25) is 19.7 Å². The average Bonchev–Trinajstić information content (AvgIpc) is 2.58. The molecule has 1 amide bonds. The first kappa shape index (κ1) is 18.6. The van der Waals surface area contributed by atoms with Gasteiger partial charge in [-0.05, 0) is 12.5 Å². The Labute approximate surface area is 161 Å². The quantitative estimate of drug-likeness (QED) is 0.319. The first-order valence-corrected chi connectivity index (χ1v) is 9.69. The van der Waals surface area contributed by atoms with Crippen LogP contribution < -0.4 is 10.9 Å². The van der Waals surface area contributed by atoms with Crippen molar-refractivity contribution in [3.63, 3.8) is 0 Å². The second kappa shape index (κ2) is 7.58. The molecule has 26 heavy (non-hydrogen) atoms. The normalized spacial score (nSPS) is 16.1. The van der Waals surface area contributed by atoms with E-state index in [0.717, 1.165) is 12.2 Å². The Hall–Kier alpha value is -2.20. The van der Waals surface area contributed by atoms with Crippen molar-refractivity contribution in [3.05, 3.63) is 54.3 Å². The zero-order valence-electron chi connectivity index (χ0n) is 13.7. The summed E-state index contributed by atoms with van der Waals surface area (Å²) in [5.74, 6) is -0.110. The van der Waals surface area contributed by atoms with E-state index in [4.69, 9.17) is 0 Å².